The minimum Gasteiger partial charge on any atom is -0.478 e. The van der Waals surface area contributed by atoms with Crippen molar-refractivity contribution in [3.63, 3.8) is 0 Å². The molecule has 1 fully saturated rings. The zero-order valence-corrected chi connectivity index (χ0v) is 20.4. The summed E-state index contributed by atoms with van der Waals surface area (Å²) in [6.07, 6.45) is 0.854. The molecule has 8 nitrogen and oxygen atoms in total. The first kappa shape index (κ1) is 25.9. The average molecular weight is 507 g/mol. The predicted octanol–water partition coefficient (Wildman–Crippen LogP) is 3.62. The summed E-state index contributed by atoms with van der Waals surface area (Å²) in [4.78, 5) is 18.0. The molecule has 34 heavy (non-hydrogen) atoms. The molecule has 1 aromatic heterocycles. The van der Waals surface area contributed by atoms with Crippen molar-refractivity contribution in [2.24, 2.45) is 0 Å². The summed E-state index contributed by atoms with van der Waals surface area (Å²) in [5, 5.41) is 9.02. The molecule has 182 valence electrons. The fourth-order valence-electron chi connectivity index (χ4n) is 3.68. The highest BCUT2D eigenvalue weighted by atomic mass is 35.5. The van der Waals surface area contributed by atoms with E-state index in [1.54, 1.807) is 31.2 Å². The van der Waals surface area contributed by atoms with Gasteiger partial charge in [0.05, 0.1) is 29.4 Å². The molecular formula is C24H27ClN2O6S. The van der Waals surface area contributed by atoms with Crippen LogP contribution in [0, 0.1) is 6.92 Å². The van der Waals surface area contributed by atoms with Gasteiger partial charge in [-0.2, -0.15) is 0 Å². The number of carboxylic acid groups (broad SMARTS) is 1. The summed E-state index contributed by atoms with van der Waals surface area (Å²) in [6.45, 7) is 5.96. The van der Waals surface area contributed by atoms with Gasteiger partial charge < -0.3 is 14.3 Å². The number of aromatic carboxylic acids is 1. The number of aryl methyl sites for hydroxylation is 1. The Morgan fingerprint density at radius 1 is 1.06 bits per heavy atom. The van der Waals surface area contributed by atoms with E-state index in [-0.39, 0.29) is 34.5 Å². The molecule has 1 saturated heterocycles. The van der Waals surface area contributed by atoms with Crippen LogP contribution < -0.4 is 0 Å². The Balaban J connectivity index is 0.00000324. The van der Waals surface area contributed by atoms with Gasteiger partial charge in [-0.25, -0.2) is 18.2 Å². The zero-order chi connectivity index (χ0) is 23.4. The molecule has 1 N–H and O–H groups in total. The van der Waals surface area contributed by atoms with E-state index >= 15 is 0 Å². The van der Waals surface area contributed by atoms with Gasteiger partial charge in [-0.15, -0.1) is 12.4 Å². The van der Waals surface area contributed by atoms with Crippen molar-refractivity contribution >= 4 is 28.2 Å². The Bertz CT molecular complexity index is 1220. The molecule has 0 saturated carbocycles. The quantitative estimate of drug-likeness (QED) is 0.493. The van der Waals surface area contributed by atoms with E-state index in [9.17, 15) is 13.2 Å². The third-order valence-electron chi connectivity index (χ3n) is 5.70. The van der Waals surface area contributed by atoms with Gasteiger partial charge in [0, 0.05) is 25.2 Å². The van der Waals surface area contributed by atoms with E-state index in [2.05, 4.69) is 9.88 Å². The van der Waals surface area contributed by atoms with Crippen molar-refractivity contribution in [2.45, 2.75) is 24.0 Å². The molecule has 0 radical (unpaired) electrons. The van der Waals surface area contributed by atoms with Crippen molar-refractivity contribution in [1.82, 2.24) is 9.88 Å². The summed E-state index contributed by atoms with van der Waals surface area (Å²) >= 11 is 0. The molecule has 1 aliphatic heterocycles. The number of sulfone groups is 1. The van der Waals surface area contributed by atoms with Crippen LogP contribution in [-0.4, -0.2) is 62.2 Å². The molecule has 0 aliphatic carbocycles. The van der Waals surface area contributed by atoms with E-state index in [0.717, 1.165) is 44.8 Å². The van der Waals surface area contributed by atoms with Crippen molar-refractivity contribution in [1.29, 1.82) is 0 Å². The summed E-state index contributed by atoms with van der Waals surface area (Å²) in [5.74, 6) is -0.627. The van der Waals surface area contributed by atoms with Gasteiger partial charge in [-0.3, -0.25) is 4.90 Å². The lowest BCUT2D eigenvalue weighted by Crippen LogP contribution is -2.37. The Labute approximate surface area is 204 Å². The van der Waals surface area contributed by atoms with E-state index in [1.807, 2.05) is 12.1 Å². The number of aromatic nitrogens is 1. The average Bonchev–Trinajstić information content (AvgIpc) is 3.18. The molecule has 4 rings (SSSR count). The number of morpholine rings is 1. The Kier molecular flexibility index (Phi) is 8.48. The van der Waals surface area contributed by atoms with Crippen LogP contribution in [0.4, 0.5) is 0 Å². The number of ether oxygens (including phenoxy) is 1. The number of oxazole rings is 1. The molecule has 1 aliphatic rings. The summed E-state index contributed by atoms with van der Waals surface area (Å²) < 4.78 is 36.9. The van der Waals surface area contributed by atoms with Gasteiger partial charge in [0.15, 0.2) is 9.84 Å². The van der Waals surface area contributed by atoms with Crippen LogP contribution in [-0.2, 0) is 26.7 Å². The topological polar surface area (TPSA) is 110 Å². The van der Waals surface area contributed by atoms with Gasteiger partial charge in [0.25, 0.3) is 0 Å². The Hall–Kier alpha value is -2.72. The van der Waals surface area contributed by atoms with Crippen molar-refractivity contribution in [3.8, 4) is 11.5 Å². The van der Waals surface area contributed by atoms with Crippen LogP contribution in [0.5, 0.6) is 0 Å². The number of carbonyl (C=O) groups is 1. The number of halogens is 1. The number of benzene rings is 2. The number of hydrogen-bond donors (Lipinski definition) is 1. The molecule has 2 heterocycles. The first-order valence-corrected chi connectivity index (χ1v) is 12.4. The predicted molar refractivity (Wildman–Crippen MR) is 129 cm³/mol. The minimum atomic E-state index is -3.60. The number of nitrogens with zero attached hydrogens (tertiary/aromatic N) is 2. The largest absolute Gasteiger partial charge is 0.478 e. The van der Waals surface area contributed by atoms with Gasteiger partial charge in [-0.1, -0.05) is 12.1 Å². The maximum Gasteiger partial charge on any atom is 0.335 e. The van der Waals surface area contributed by atoms with Crippen molar-refractivity contribution in [2.75, 3.05) is 32.8 Å². The van der Waals surface area contributed by atoms with Crippen LogP contribution in [0.15, 0.2) is 57.8 Å². The van der Waals surface area contributed by atoms with Crippen LogP contribution in [0.2, 0.25) is 0 Å². The lowest BCUT2D eigenvalue weighted by Gasteiger charge is -2.26. The summed E-state index contributed by atoms with van der Waals surface area (Å²) in [7, 11) is -3.60. The number of rotatable bonds is 8. The lowest BCUT2D eigenvalue weighted by molar-refractivity contribution is 0.0384. The molecule has 0 bridgehead atoms. The van der Waals surface area contributed by atoms with Gasteiger partial charge in [-0.05, 0) is 55.3 Å². The minimum absolute atomic E-state index is 0. The van der Waals surface area contributed by atoms with E-state index in [4.69, 9.17) is 14.3 Å². The molecule has 2 aromatic carbocycles. The number of hydrogen-bond acceptors (Lipinski definition) is 7. The lowest BCUT2D eigenvalue weighted by atomic mass is 10.1. The van der Waals surface area contributed by atoms with Gasteiger partial charge >= 0.3 is 5.97 Å². The van der Waals surface area contributed by atoms with Crippen LogP contribution in [0.1, 0.15) is 27.4 Å². The zero-order valence-electron chi connectivity index (χ0n) is 18.8. The fraction of sp³-hybridized carbons (Fsp3) is 0.333. The van der Waals surface area contributed by atoms with Crippen molar-refractivity contribution < 1.29 is 27.5 Å². The third-order valence-corrected chi connectivity index (χ3v) is 7.34. The molecule has 3 aromatic rings. The third kappa shape index (κ3) is 6.24. The normalized spacial score (nSPS) is 14.5. The molecule has 0 unspecified atom stereocenters. The van der Waals surface area contributed by atoms with E-state index in [1.165, 1.54) is 12.1 Å². The highest BCUT2D eigenvalue weighted by Gasteiger charge is 2.21. The summed E-state index contributed by atoms with van der Waals surface area (Å²) in [5.41, 5.74) is 2.16. The maximum atomic E-state index is 13.0. The number of carboxylic acids is 1. The highest BCUT2D eigenvalue weighted by molar-refractivity contribution is 7.90. The standard InChI is InChI=1S/C24H26N2O6S.ClH/c1-17-22(25-23(32-17)19-4-6-20(7-5-19)24(27)28)16-33(29,30)21-8-2-18(3-9-21)10-11-26-12-14-31-15-13-26;/h2-9H,10-16H2,1H3,(H,27,28);1H. The second-order valence-electron chi connectivity index (χ2n) is 8.01. The SMILES string of the molecule is Cc1oc(-c2ccc(C(=O)O)cc2)nc1CS(=O)(=O)c1ccc(CCN2CCOCC2)cc1.Cl. The molecule has 0 spiro atoms. The summed E-state index contributed by atoms with van der Waals surface area (Å²) in [6, 6.07) is 13.1. The molecule has 0 atom stereocenters. The highest BCUT2D eigenvalue weighted by Crippen LogP contribution is 2.25. The molecule has 10 heteroatoms. The molecule has 0 amide bonds. The van der Waals surface area contributed by atoms with Crippen LogP contribution >= 0.6 is 12.4 Å². The smallest absolute Gasteiger partial charge is 0.335 e. The van der Waals surface area contributed by atoms with Crippen LogP contribution in [0.3, 0.4) is 0 Å². The monoisotopic (exact) mass is 506 g/mol. The van der Waals surface area contributed by atoms with Crippen molar-refractivity contribution in [3.05, 3.63) is 71.1 Å². The van der Waals surface area contributed by atoms with E-state index in [0.29, 0.717) is 17.0 Å². The van der Waals surface area contributed by atoms with Gasteiger partial charge in [0.2, 0.25) is 5.89 Å². The second-order valence-corrected chi connectivity index (χ2v) is 10.0. The first-order valence-electron chi connectivity index (χ1n) is 10.7. The fourth-order valence-corrected chi connectivity index (χ4v) is 5.02. The Morgan fingerprint density at radius 2 is 1.71 bits per heavy atom. The first-order chi connectivity index (χ1) is 15.8. The van der Waals surface area contributed by atoms with Crippen LogP contribution in [0.25, 0.3) is 11.5 Å². The van der Waals surface area contributed by atoms with Gasteiger partial charge in [0.1, 0.15) is 11.5 Å². The second kappa shape index (κ2) is 11.1. The van der Waals surface area contributed by atoms with E-state index < -0.39 is 15.8 Å². The maximum absolute atomic E-state index is 13.0. The molecular weight excluding hydrogens is 480 g/mol. The Morgan fingerprint density at radius 3 is 2.32 bits per heavy atom.